The van der Waals surface area contributed by atoms with E-state index < -0.39 is 0 Å². The first-order chi connectivity index (χ1) is 12.7. The minimum absolute atomic E-state index is 0.0728. The van der Waals surface area contributed by atoms with Gasteiger partial charge in [-0.05, 0) is 37.1 Å². The number of imide groups is 1. The Hall–Kier alpha value is -3.28. The van der Waals surface area contributed by atoms with E-state index in [9.17, 15) is 14.4 Å². The van der Waals surface area contributed by atoms with Gasteiger partial charge >= 0.3 is 0 Å². The summed E-state index contributed by atoms with van der Waals surface area (Å²) in [6, 6.07) is 14.1. The van der Waals surface area contributed by atoms with Gasteiger partial charge in [0.25, 0.3) is 17.4 Å². The number of hydrogen-bond donors (Lipinski definition) is 0. The highest BCUT2D eigenvalue weighted by atomic mass is 16.2. The van der Waals surface area contributed by atoms with E-state index in [4.69, 9.17) is 0 Å². The van der Waals surface area contributed by atoms with Gasteiger partial charge in [0.05, 0.1) is 28.4 Å². The number of carbonyl (C=O) groups excluding carboxylic acids is 2. The van der Waals surface area contributed by atoms with Crippen LogP contribution in [-0.2, 0) is 6.54 Å². The molecule has 0 radical (unpaired) electrons. The maximum absolute atomic E-state index is 12.4. The molecule has 0 unspecified atom stereocenters. The Morgan fingerprint density at radius 1 is 0.769 bits per heavy atom. The first-order valence-corrected chi connectivity index (χ1v) is 8.56. The van der Waals surface area contributed by atoms with Crippen LogP contribution in [0.1, 0.15) is 33.6 Å². The molecule has 0 N–H and O–H groups in total. The van der Waals surface area contributed by atoms with Crippen molar-refractivity contribution >= 4 is 22.7 Å². The van der Waals surface area contributed by atoms with Crippen molar-refractivity contribution in [3.8, 4) is 0 Å². The van der Waals surface area contributed by atoms with E-state index in [0.717, 1.165) is 0 Å². The van der Waals surface area contributed by atoms with Crippen molar-refractivity contribution in [1.29, 1.82) is 0 Å². The smallest absolute Gasteiger partial charge is 0.261 e. The summed E-state index contributed by atoms with van der Waals surface area (Å²) in [5.41, 5.74) is 1.54. The molecule has 1 aliphatic heterocycles. The first kappa shape index (κ1) is 16.2. The second-order valence-electron chi connectivity index (χ2n) is 6.27. The molecule has 2 aromatic carbocycles. The van der Waals surface area contributed by atoms with Crippen LogP contribution >= 0.6 is 0 Å². The van der Waals surface area contributed by atoms with Crippen molar-refractivity contribution in [3.63, 3.8) is 0 Å². The number of hydrogen-bond acceptors (Lipinski definition) is 4. The second kappa shape index (κ2) is 6.55. The lowest BCUT2D eigenvalue weighted by atomic mass is 10.1. The molecule has 0 fully saturated rings. The Kier molecular flexibility index (Phi) is 4.08. The van der Waals surface area contributed by atoms with E-state index in [1.165, 1.54) is 4.90 Å². The lowest BCUT2D eigenvalue weighted by Crippen LogP contribution is -2.31. The van der Waals surface area contributed by atoms with Crippen LogP contribution in [0, 0.1) is 0 Å². The summed E-state index contributed by atoms with van der Waals surface area (Å²) in [5.74, 6) is -0.481. The molecule has 6 heteroatoms. The molecule has 130 valence electrons. The monoisotopic (exact) mass is 347 g/mol. The van der Waals surface area contributed by atoms with Crippen LogP contribution in [0.5, 0.6) is 0 Å². The average molecular weight is 347 g/mol. The van der Waals surface area contributed by atoms with Gasteiger partial charge in [0.2, 0.25) is 0 Å². The highest BCUT2D eigenvalue weighted by molar-refractivity contribution is 6.21. The Morgan fingerprint density at radius 2 is 1.38 bits per heavy atom. The second-order valence-corrected chi connectivity index (χ2v) is 6.27. The van der Waals surface area contributed by atoms with Gasteiger partial charge in [0.15, 0.2) is 0 Å². The van der Waals surface area contributed by atoms with E-state index in [-0.39, 0.29) is 17.4 Å². The summed E-state index contributed by atoms with van der Waals surface area (Å²) in [6.45, 7) is 0.849. The van der Waals surface area contributed by atoms with E-state index in [1.54, 1.807) is 41.2 Å². The number of rotatable bonds is 5. The molecule has 26 heavy (non-hydrogen) atoms. The fourth-order valence-corrected chi connectivity index (χ4v) is 3.26. The van der Waals surface area contributed by atoms with Gasteiger partial charge in [-0.1, -0.05) is 24.3 Å². The quantitative estimate of drug-likeness (QED) is 0.525. The number of nitrogens with zero attached hydrogens (tertiary/aromatic N) is 3. The number of unbranched alkanes of at least 4 members (excludes halogenated alkanes) is 1. The molecule has 0 saturated heterocycles. The van der Waals surface area contributed by atoms with E-state index >= 15 is 0 Å². The van der Waals surface area contributed by atoms with Crippen molar-refractivity contribution in [2.24, 2.45) is 0 Å². The molecule has 1 aliphatic rings. The van der Waals surface area contributed by atoms with Crippen LogP contribution in [0.15, 0.2) is 59.7 Å². The number of benzene rings is 2. The molecule has 2 amide bonds. The van der Waals surface area contributed by atoms with Gasteiger partial charge in [-0.3, -0.25) is 23.9 Å². The molecule has 0 bridgehead atoms. The van der Waals surface area contributed by atoms with Gasteiger partial charge in [-0.15, -0.1) is 0 Å². The highest BCUT2D eigenvalue weighted by Gasteiger charge is 2.34. The van der Waals surface area contributed by atoms with Crippen LogP contribution in [0.25, 0.3) is 10.9 Å². The third-order valence-corrected chi connectivity index (χ3v) is 4.64. The third kappa shape index (κ3) is 2.69. The average Bonchev–Trinajstić information content (AvgIpc) is 2.92. The van der Waals surface area contributed by atoms with E-state index in [0.29, 0.717) is 48.0 Å². The van der Waals surface area contributed by atoms with Gasteiger partial charge in [-0.25, -0.2) is 4.98 Å². The summed E-state index contributed by atoms with van der Waals surface area (Å²) >= 11 is 0. The van der Waals surface area contributed by atoms with Crippen LogP contribution in [-0.4, -0.2) is 32.8 Å². The minimum Gasteiger partial charge on any atom is -0.299 e. The summed E-state index contributed by atoms with van der Waals surface area (Å²) in [6.07, 6.45) is 2.85. The Morgan fingerprint density at radius 3 is 2.12 bits per heavy atom. The zero-order chi connectivity index (χ0) is 18.1. The zero-order valence-electron chi connectivity index (χ0n) is 14.1. The van der Waals surface area contributed by atoms with Crippen LogP contribution in [0.4, 0.5) is 0 Å². The largest absolute Gasteiger partial charge is 0.299 e. The summed E-state index contributed by atoms with van der Waals surface area (Å²) in [4.78, 5) is 42.6. The summed E-state index contributed by atoms with van der Waals surface area (Å²) in [7, 11) is 0. The number of amides is 2. The molecule has 2 heterocycles. The standard InChI is InChI=1S/C20H17N3O3/c24-18-16-9-3-4-10-17(16)21-13-22(18)11-5-6-12-23-19(25)14-7-1-2-8-15(14)20(23)26/h1-4,7-10,13H,5-6,11-12H2. The van der Waals surface area contributed by atoms with Gasteiger partial charge in [0, 0.05) is 13.1 Å². The third-order valence-electron chi connectivity index (χ3n) is 4.64. The topological polar surface area (TPSA) is 72.3 Å². The maximum atomic E-state index is 12.4. The lowest BCUT2D eigenvalue weighted by molar-refractivity contribution is 0.0651. The predicted octanol–water partition coefficient (Wildman–Crippen LogP) is 2.47. The molecular weight excluding hydrogens is 330 g/mol. The van der Waals surface area contributed by atoms with Gasteiger partial charge < -0.3 is 0 Å². The number of fused-ring (bicyclic) bond motifs is 2. The van der Waals surface area contributed by atoms with Crippen LogP contribution in [0.3, 0.4) is 0 Å². The molecule has 0 aliphatic carbocycles. The van der Waals surface area contributed by atoms with Crippen LogP contribution < -0.4 is 5.56 Å². The first-order valence-electron chi connectivity index (χ1n) is 8.56. The number of aryl methyl sites for hydroxylation is 1. The van der Waals surface area contributed by atoms with Crippen molar-refractivity contribution in [2.45, 2.75) is 19.4 Å². The van der Waals surface area contributed by atoms with Gasteiger partial charge in [-0.2, -0.15) is 0 Å². The Labute approximate surface area is 149 Å². The molecule has 6 nitrogen and oxygen atoms in total. The van der Waals surface area contributed by atoms with Crippen LogP contribution in [0.2, 0.25) is 0 Å². The van der Waals surface area contributed by atoms with Crippen molar-refractivity contribution in [3.05, 3.63) is 76.3 Å². The number of aromatic nitrogens is 2. The number of carbonyl (C=O) groups is 2. The predicted molar refractivity (Wildman–Crippen MR) is 97.0 cm³/mol. The maximum Gasteiger partial charge on any atom is 0.261 e. The molecule has 0 saturated carbocycles. The van der Waals surface area contributed by atoms with E-state index in [1.807, 2.05) is 18.2 Å². The molecule has 4 rings (SSSR count). The highest BCUT2D eigenvalue weighted by Crippen LogP contribution is 2.22. The SMILES string of the molecule is O=C1c2ccccc2C(=O)N1CCCCn1cnc2ccccc2c1=O. The van der Waals surface area contributed by atoms with E-state index in [2.05, 4.69) is 4.98 Å². The van der Waals surface area contributed by atoms with Crippen molar-refractivity contribution in [1.82, 2.24) is 14.5 Å². The fraction of sp³-hybridized carbons (Fsp3) is 0.200. The van der Waals surface area contributed by atoms with Gasteiger partial charge in [0.1, 0.15) is 0 Å². The molecular formula is C20H17N3O3. The molecule has 0 spiro atoms. The normalized spacial score (nSPS) is 13.5. The minimum atomic E-state index is -0.241. The summed E-state index contributed by atoms with van der Waals surface area (Å²) < 4.78 is 1.57. The number of para-hydroxylation sites is 1. The molecule has 0 atom stereocenters. The molecule has 1 aromatic heterocycles. The summed E-state index contributed by atoms with van der Waals surface area (Å²) in [5, 5.41) is 0.593. The van der Waals surface area contributed by atoms with Crippen molar-refractivity contribution < 1.29 is 9.59 Å². The fourth-order valence-electron chi connectivity index (χ4n) is 3.26. The van der Waals surface area contributed by atoms with Crippen molar-refractivity contribution in [2.75, 3.05) is 6.54 Å². The Bertz CT molecular complexity index is 1040. The Balaban J connectivity index is 1.39. The lowest BCUT2D eigenvalue weighted by Gasteiger charge is -2.13. The molecule has 3 aromatic rings. The zero-order valence-corrected chi connectivity index (χ0v) is 14.1.